The van der Waals surface area contributed by atoms with E-state index in [0.29, 0.717) is 18.0 Å². The number of aliphatic hydroxyl groups is 1. The summed E-state index contributed by atoms with van der Waals surface area (Å²) in [6.45, 7) is 2.42. The Balaban J connectivity index is 2.15. The Kier molecular flexibility index (Phi) is 3.72. The largest absolute Gasteiger partial charge is 0.395 e. The standard InChI is InChI=1S/C14H14ClN5O/c1-9-3-2-4-10(7-9)20-13-11(8-17-20)12(16-5-6-21)18-14(15)19-13/h2-4,7-8,21H,5-6H2,1H3,(H,16,18,19). The number of hydrogen-bond donors (Lipinski definition) is 2. The number of halogens is 1. The SMILES string of the molecule is Cc1cccc(-n2ncc3c(NCCO)nc(Cl)nc32)c1. The monoisotopic (exact) mass is 303 g/mol. The molecule has 0 bridgehead atoms. The van der Waals surface area contributed by atoms with Crippen LogP contribution in [0.3, 0.4) is 0 Å². The van der Waals surface area contributed by atoms with Gasteiger partial charge in [-0.25, -0.2) is 4.68 Å². The molecule has 0 spiro atoms. The first-order valence-electron chi connectivity index (χ1n) is 6.52. The molecule has 3 rings (SSSR count). The van der Waals surface area contributed by atoms with E-state index in [4.69, 9.17) is 16.7 Å². The lowest BCUT2D eigenvalue weighted by Crippen LogP contribution is -2.08. The molecule has 0 aliphatic carbocycles. The highest BCUT2D eigenvalue weighted by atomic mass is 35.5. The van der Waals surface area contributed by atoms with Crippen molar-refractivity contribution in [1.82, 2.24) is 19.7 Å². The van der Waals surface area contributed by atoms with Gasteiger partial charge in [-0.3, -0.25) is 0 Å². The summed E-state index contributed by atoms with van der Waals surface area (Å²) >= 11 is 5.98. The molecule has 2 heterocycles. The zero-order valence-corrected chi connectivity index (χ0v) is 12.2. The quantitative estimate of drug-likeness (QED) is 0.723. The molecule has 0 saturated carbocycles. The number of aliphatic hydroxyl groups excluding tert-OH is 1. The zero-order valence-electron chi connectivity index (χ0n) is 11.4. The Bertz CT molecular complexity index is 786. The van der Waals surface area contributed by atoms with Gasteiger partial charge >= 0.3 is 0 Å². The predicted molar refractivity (Wildman–Crippen MR) is 82.0 cm³/mol. The van der Waals surface area contributed by atoms with Crippen molar-refractivity contribution >= 4 is 28.5 Å². The molecule has 0 unspecified atom stereocenters. The van der Waals surface area contributed by atoms with Crippen LogP contribution in [-0.2, 0) is 0 Å². The van der Waals surface area contributed by atoms with E-state index in [9.17, 15) is 0 Å². The molecule has 0 aliphatic rings. The number of benzene rings is 1. The van der Waals surface area contributed by atoms with Crippen LogP contribution in [0.15, 0.2) is 30.5 Å². The highest BCUT2D eigenvalue weighted by Crippen LogP contribution is 2.24. The van der Waals surface area contributed by atoms with E-state index >= 15 is 0 Å². The average molecular weight is 304 g/mol. The van der Waals surface area contributed by atoms with Crippen molar-refractivity contribution in [3.63, 3.8) is 0 Å². The molecule has 108 valence electrons. The molecule has 0 aliphatic heterocycles. The van der Waals surface area contributed by atoms with Gasteiger partial charge in [0.25, 0.3) is 0 Å². The molecule has 2 aromatic heterocycles. The van der Waals surface area contributed by atoms with Gasteiger partial charge in [0.2, 0.25) is 5.28 Å². The van der Waals surface area contributed by atoms with E-state index in [-0.39, 0.29) is 11.9 Å². The lowest BCUT2D eigenvalue weighted by atomic mass is 10.2. The summed E-state index contributed by atoms with van der Waals surface area (Å²) in [6, 6.07) is 7.96. The smallest absolute Gasteiger partial charge is 0.226 e. The van der Waals surface area contributed by atoms with E-state index in [0.717, 1.165) is 16.6 Å². The fourth-order valence-corrected chi connectivity index (χ4v) is 2.30. The summed E-state index contributed by atoms with van der Waals surface area (Å²) in [6.07, 6.45) is 1.69. The Hall–Kier alpha value is -2.18. The number of rotatable bonds is 4. The van der Waals surface area contributed by atoms with Gasteiger partial charge in [0, 0.05) is 6.54 Å². The predicted octanol–water partition coefficient (Wildman–Crippen LogP) is 2.18. The molecule has 0 radical (unpaired) electrons. The molecule has 1 aromatic carbocycles. The first kappa shape index (κ1) is 13.8. The van der Waals surface area contributed by atoms with E-state index < -0.39 is 0 Å². The van der Waals surface area contributed by atoms with Gasteiger partial charge < -0.3 is 10.4 Å². The summed E-state index contributed by atoms with van der Waals surface area (Å²) < 4.78 is 1.72. The van der Waals surface area contributed by atoms with Crippen molar-refractivity contribution in [2.24, 2.45) is 0 Å². The van der Waals surface area contributed by atoms with E-state index in [1.807, 2.05) is 31.2 Å². The first-order chi connectivity index (χ1) is 10.2. The third kappa shape index (κ3) is 2.68. The number of aromatic nitrogens is 4. The highest BCUT2D eigenvalue weighted by molar-refractivity contribution is 6.28. The van der Waals surface area contributed by atoms with Crippen LogP contribution in [0.4, 0.5) is 5.82 Å². The molecule has 0 saturated heterocycles. The van der Waals surface area contributed by atoms with Gasteiger partial charge in [0.05, 0.1) is 23.9 Å². The van der Waals surface area contributed by atoms with Crippen LogP contribution < -0.4 is 5.32 Å². The summed E-state index contributed by atoms with van der Waals surface area (Å²) in [5, 5.41) is 17.2. The lowest BCUT2D eigenvalue weighted by molar-refractivity contribution is 0.311. The van der Waals surface area contributed by atoms with Gasteiger partial charge in [-0.2, -0.15) is 15.1 Å². The van der Waals surface area contributed by atoms with Gasteiger partial charge in [-0.1, -0.05) is 12.1 Å². The topological polar surface area (TPSA) is 75.9 Å². The molecule has 21 heavy (non-hydrogen) atoms. The molecule has 0 atom stereocenters. The molecule has 0 fully saturated rings. The molecule has 6 nitrogen and oxygen atoms in total. The summed E-state index contributed by atoms with van der Waals surface area (Å²) in [5.41, 5.74) is 2.67. The molecule has 7 heteroatoms. The third-order valence-corrected chi connectivity index (χ3v) is 3.22. The van der Waals surface area contributed by atoms with Crippen LogP contribution in [0.5, 0.6) is 0 Å². The van der Waals surface area contributed by atoms with Crippen molar-refractivity contribution in [3.05, 3.63) is 41.3 Å². The van der Waals surface area contributed by atoms with Crippen molar-refractivity contribution in [1.29, 1.82) is 0 Å². The van der Waals surface area contributed by atoms with Gasteiger partial charge in [-0.15, -0.1) is 0 Å². The minimum Gasteiger partial charge on any atom is -0.395 e. The second kappa shape index (κ2) is 5.67. The second-order valence-electron chi connectivity index (χ2n) is 4.62. The van der Waals surface area contributed by atoms with Gasteiger partial charge in [0.1, 0.15) is 5.82 Å². The van der Waals surface area contributed by atoms with Crippen LogP contribution in [0.25, 0.3) is 16.7 Å². The third-order valence-electron chi connectivity index (χ3n) is 3.05. The van der Waals surface area contributed by atoms with E-state index in [1.165, 1.54) is 0 Å². The average Bonchev–Trinajstić information content (AvgIpc) is 2.88. The Morgan fingerprint density at radius 1 is 1.33 bits per heavy atom. The van der Waals surface area contributed by atoms with Crippen molar-refractivity contribution < 1.29 is 5.11 Å². The Labute approximate surface area is 126 Å². The fraction of sp³-hybridized carbons (Fsp3) is 0.214. The lowest BCUT2D eigenvalue weighted by Gasteiger charge is -2.07. The van der Waals surface area contributed by atoms with Crippen LogP contribution in [0.2, 0.25) is 5.28 Å². The van der Waals surface area contributed by atoms with Crippen molar-refractivity contribution in [2.45, 2.75) is 6.92 Å². The Morgan fingerprint density at radius 3 is 2.95 bits per heavy atom. The Morgan fingerprint density at radius 2 is 2.19 bits per heavy atom. The second-order valence-corrected chi connectivity index (χ2v) is 4.96. The van der Waals surface area contributed by atoms with Crippen molar-refractivity contribution in [2.75, 3.05) is 18.5 Å². The van der Waals surface area contributed by atoms with Crippen LogP contribution in [-0.4, -0.2) is 38.0 Å². The first-order valence-corrected chi connectivity index (χ1v) is 6.90. The molecule has 3 aromatic rings. The van der Waals surface area contributed by atoms with E-state index in [2.05, 4.69) is 20.4 Å². The fourth-order valence-electron chi connectivity index (χ4n) is 2.14. The summed E-state index contributed by atoms with van der Waals surface area (Å²) in [7, 11) is 0. The van der Waals surface area contributed by atoms with Crippen LogP contribution in [0, 0.1) is 6.92 Å². The molecule has 0 amide bonds. The number of anilines is 1. The number of fused-ring (bicyclic) bond motifs is 1. The minimum atomic E-state index is 0.00906. The van der Waals surface area contributed by atoms with Crippen LogP contribution in [0.1, 0.15) is 5.56 Å². The van der Waals surface area contributed by atoms with Gasteiger partial charge in [0.15, 0.2) is 5.65 Å². The maximum Gasteiger partial charge on any atom is 0.226 e. The number of aryl methyl sites for hydroxylation is 1. The number of hydrogen-bond acceptors (Lipinski definition) is 5. The maximum atomic E-state index is 8.92. The van der Waals surface area contributed by atoms with Gasteiger partial charge in [-0.05, 0) is 36.2 Å². The summed E-state index contributed by atoms with van der Waals surface area (Å²) in [4.78, 5) is 8.40. The normalized spacial score (nSPS) is 11.0. The van der Waals surface area contributed by atoms with E-state index in [1.54, 1.807) is 10.9 Å². The molecule has 2 N–H and O–H groups in total. The number of nitrogens with one attached hydrogen (secondary N) is 1. The maximum absolute atomic E-state index is 8.92. The highest BCUT2D eigenvalue weighted by Gasteiger charge is 2.13. The number of nitrogens with zero attached hydrogens (tertiary/aromatic N) is 4. The molecular weight excluding hydrogens is 290 g/mol. The molecular formula is C14H14ClN5O. The zero-order chi connectivity index (χ0) is 14.8. The summed E-state index contributed by atoms with van der Waals surface area (Å²) in [5.74, 6) is 0.568. The van der Waals surface area contributed by atoms with Crippen molar-refractivity contribution in [3.8, 4) is 5.69 Å². The minimum absolute atomic E-state index is 0.00906. The van der Waals surface area contributed by atoms with Crippen LogP contribution >= 0.6 is 11.6 Å².